The smallest absolute Gasteiger partial charge is 0.129 e. The lowest BCUT2D eigenvalue weighted by atomic mass is 9.87. The van der Waals surface area contributed by atoms with Gasteiger partial charge in [0.05, 0.1) is 5.02 Å². The van der Waals surface area contributed by atoms with E-state index < -0.39 is 0 Å². The van der Waals surface area contributed by atoms with Gasteiger partial charge in [-0.1, -0.05) is 11.6 Å². The first kappa shape index (κ1) is 14.3. The van der Waals surface area contributed by atoms with Crippen LogP contribution in [0.2, 0.25) is 5.02 Å². The maximum Gasteiger partial charge on any atom is 0.129 e. The Morgan fingerprint density at radius 1 is 1.44 bits per heavy atom. The van der Waals surface area contributed by atoms with E-state index in [0.29, 0.717) is 21.0 Å². The average molecular weight is 337 g/mol. The van der Waals surface area contributed by atoms with E-state index in [4.69, 9.17) is 16.3 Å². The van der Waals surface area contributed by atoms with Crippen molar-refractivity contribution in [1.82, 2.24) is 5.32 Å². The molecule has 18 heavy (non-hydrogen) atoms. The minimum absolute atomic E-state index is 0.0144. The summed E-state index contributed by atoms with van der Waals surface area (Å²) >= 11 is 9.29. The molecule has 0 amide bonds. The standard InChI is InChI=1S/C13H16BrClFNO/c1-17-13(8-2-4-18-5-3-8)9-6-11(15)10(14)7-12(9)16/h6-8,13,17H,2-5H2,1H3. The monoisotopic (exact) mass is 335 g/mol. The first-order valence-corrected chi connectivity index (χ1v) is 7.20. The van der Waals surface area contributed by atoms with Crippen molar-refractivity contribution < 1.29 is 9.13 Å². The number of nitrogens with one attached hydrogen (secondary N) is 1. The molecule has 1 aromatic carbocycles. The zero-order valence-corrected chi connectivity index (χ0v) is 12.5. The summed E-state index contributed by atoms with van der Waals surface area (Å²) in [5.41, 5.74) is 0.637. The van der Waals surface area contributed by atoms with Crippen molar-refractivity contribution in [3.63, 3.8) is 0 Å². The zero-order chi connectivity index (χ0) is 13.1. The topological polar surface area (TPSA) is 21.3 Å². The van der Waals surface area contributed by atoms with Crippen LogP contribution in [0.5, 0.6) is 0 Å². The highest BCUT2D eigenvalue weighted by molar-refractivity contribution is 9.10. The number of benzene rings is 1. The van der Waals surface area contributed by atoms with E-state index >= 15 is 0 Å². The summed E-state index contributed by atoms with van der Waals surface area (Å²) in [5.74, 6) is 0.160. The van der Waals surface area contributed by atoms with Gasteiger partial charge in [0.2, 0.25) is 0 Å². The van der Waals surface area contributed by atoms with E-state index in [1.165, 1.54) is 6.07 Å². The Bertz CT molecular complexity index is 424. The van der Waals surface area contributed by atoms with Gasteiger partial charge in [-0.25, -0.2) is 4.39 Å². The average Bonchev–Trinajstić information content (AvgIpc) is 2.38. The summed E-state index contributed by atoms with van der Waals surface area (Å²) in [6, 6.07) is 3.12. The molecule has 5 heteroatoms. The molecular weight excluding hydrogens is 321 g/mol. The van der Waals surface area contributed by atoms with Gasteiger partial charge < -0.3 is 10.1 Å². The molecule has 0 saturated carbocycles. The fourth-order valence-electron chi connectivity index (χ4n) is 2.47. The number of hydrogen-bond donors (Lipinski definition) is 1. The lowest BCUT2D eigenvalue weighted by Crippen LogP contribution is -2.30. The van der Waals surface area contributed by atoms with E-state index in [1.54, 1.807) is 6.07 Å². The predicted octanol–water partition coefficient (Wildman–Crippen LogP) is 3.93. The molecule has 1 fully saturated rings. The van der Waals surface area contributed by atoms with Crippen LogP contribution in [-0.4, -0.2) is 20.3 Å². The van der Waals surface area contributed by atoms with Crippen LogP contribution >= 0.6 is 27.5 Å². The van der Waals surface area contributed by atoms with Crippen molar-refractivity contribution in [2.45, 2.75) is 18.9 Å². The fraction of sp³-hybridized carbons (Fsp3) is 0.538. The van der Waals surface area contributed by atoms with Crippen LogP contribution in [0.3, 0.4) is 0 Å². The van der Waals surface area contributed by atoms with Crippen LogP contribution in [0.15, 0.2) is 16.6 Å². The Hall–Kier alpha value is -0.160. The quantitative estimate of drug-likeness (QED) is 0.845. The third-order valence-electron chi connectivity index (χ3n) is 3.42. The number of hydrogen-bond acceptors (Lipinski definition) is 2. The molecule has 100 valence electrons. The first-order chi connectivity index (χ1) is 8.63. The molecular formula is C13H16BrClFNO. The fourth-order valence-corrected chi connectivity index (χ4v) is 2.96. The van der Waals surface area contributed by atoms with Gasteiger partial charge in [0, 0.05) is 29.3 Å². The van der Waals surface area contributed by atoms with Crippen molar-refractivity contribution in [2.75, 3.05) is 20.3 Å². The van der Waals surface area contributed by atoms with Crippen LogP contribution in [-0.2, 0) is 4.74 Å². The SMILES string of the molecule is CNC(c1cc(Cl)c(Br)cc1F)C1CCOCC1. The summed E-state index contributed by atoms with van der Waals surface area (Å²) in [6.45, 7) is 1.49. The molecule has 0 radical (unpaired) electrons. The van der Waals surface area contributed by atoms with Gasteiger partial charge in [-0.05, 0) is 53.9 Å². The highest BCUT2D eigenvalue weighted by Crippen LogP contribution is 2.35. The molecule has 1 unspecified atom stereocenters. The van der Waals surface area contributed by atoms with Gasteiger partial charge in [-0.3, -0.25) is 0 Å². The maximum atomic E-state index is 14.1. The van der Waals surface area contributed by atoms with Crippen molar-refractivity contribution in [3.8, 4) is 0 Å². The van der Waals surface area contributed by atoms with Crippen molar-refractivity contribution in [2.24, 2.45) is 5.92 Å². The molecule has 2 nitrogen and oxygen atoms in total. The molecule has 0 aromatic heterocycles. The second kappa shape index (κ2) is 6.33. The van der Waals surface area contributed by atoms with Gasteiger partial charge in [0.1, 0.15) is 5.82 Å². The molecule has 1 aliphatic heterocycles. The molecule has 0 aliphatic carbocycles. The normalized spacial score (nSPS) is 18.9. The molecule has 1 heterocycles. The largest absolute Gasteiger partial charge is 0.381 e. The lowest BCUT2D eigenvalue weighted by Gasteiger charge is -2.30. The predicted molar refractivity (Wildman–Crippen MR) is 74.5 cm³/mol. The molecule has 1 saturated heterocycles. The van der Waals surface area contributed by atoms with Gasteiger partial charge >= 0.3 is 0 Å². The minimum Gasteiger partial charge on any atom is -0.381 e. The maximum absolute atomic E-state index is 14.1. The van der Waals surface area contributed by atoms with E-state index in [9.17, 15) is 4.39 Å². The van der Waals surface area contributed by atoms with Crippen LogP contribution in [0.4, 0.5) is 4.39 Å². The molecule has 1 atom stereocenters. The number of halogens is 3. The molecule has 1 aromatic rings. The first-order valence-electron chi connectivity index (χ1n) is 6.03. The van der Waals surface area contributed by atoms with E-state index in [0.717, 1.165) is 26.1 Å². The Balaban J connectivity index is 2.28. The second-order valence-electron chi connectivity index (χ2n) is 4.50. The number of rotatable bonds is 3. The zero-order valence-electron chi connectivity index (χ0n) is 10.2. The summed E-state index contributed by atoms with van der Waals surface area (Å²) < 4.78 is 20.0. The van der Waals surface area contributed by atoms with Crippen LogP contribution < -0.4 is 5.32 Å². The summed E-state index contributed by atoms with van der Waals surface area (Å²) in [4.78, 5) is 0. The third kappa shape index (κ3) is 3.05. The Labute approximate surface area is 120 Å². The Morgan fingerprint density at radius 3 is 2.72 bits per heavy atom. The van der Waals surface area contributed by atoms with Crippen LogP contribution in [0.25, 0.3) is 0 Å². The van der Waals surface area contributed by atoms with Gasteiger partial charge in [-0.2, -0.15) is 0 Å². The van der Waals surface area contributed by atoms with E-state index in [-0.39, 0.29) is 11.9 Å². The molecule has 0 bridgehead atoms. The van der Waals surface area contributed by atoms with Crippen molar-refractivity contribution in [3.05, 3.63) is 33.0 Å². The summed E-state index contributed by atoms with van der Waals surface area (Å²) in [7, 11) is 1.86. The Kier molecular flexibility index (Phi) is 5.01. The second-order valence-corrected chi connectivity index (χ2v) is 5.77. The van der Waals surface area contributed by atoms with Crippen molar-refractivity contribution in [1.29, 1.82) is 0 Å². The van der Waals surface area contributed by atoms with Gasteiger partial charge in [0.25, 0.3) is 0 Å². The Morgan fingerprint density at radius 2 is 2.11 bits per heavy atom. The van der Waals surface area contributed by atoms with E-state index in [1.807, 2.05) is 7.05 Å². The minimum atomic E-state index is -0.225. The van der Waals surface area contributed by atoms with Crippen LogP contribution in [0.1, 0.15) is 24.4 Å². The molecule has 2 rings (SSSR count). The van der Waals surface area contributed by atoms with Crippen molar-refractivity contribution >= 4 is 27.5 Å². The summed E-state index contributed by atoms with van der Waals surface area (Å²) in [6.07, 6.45) is 1.89. The lowest BCUT2D eigenvalue weighted by molar-refractivity contribution is 0.0541. The molecule has 1 N–H and O–H groups in total. The molecule has 0 spiro atoms. The highest BCUT2D eigenvalue weighted by Gasteiger charge is 2.26. The van der Waals surface area contributed by atoms with Gasteiger partial charge in [0.15, 0.2) is 0 Å². The molecule has 1 aliphatic rings. The van der Waals surface area contributed by atoms with Crippen LogP contribution in [0, 0.1) is 11.7 Å². The number of ether oxygens (including phenoxy) is 1. The summed E-state index contributed by atoms with van der Waals surface area (Å²) in [5, 5.41) is 3.75. The highest BCUT2D eigenvalue weighted by atomic mass is 79.9. The van der Waals surface area contributed by atoms with E-state index in [2.05, 4.69) is 21.2 Å². The third-order valence-corrected chi connectivity index (χ3v) is 4.62. The van der Waals surface area contributed by atoms with Gasteiger partial charge in [-0.15, -0.1) is 0 Å².